The van der Waals surface area contributed by atoms with Crippen molar-refractivity contribution in [3.05, 3.63) is 40.9 Å². The lowest BCUT2D eigenvalue weighted by Crippen LogP contribution is -2.12. The van der Waals surface area contributed by atoms with Crippen molar-refractivity contribution in [1.82, 2.24) is 4.98 Å². The molecule has 0 aliphatic rings. The highest BCUT2D eigenvalue weighted by Gasteiger charge is 2.14. The lowest BCUT2D eigenvalue weighted by Gasteiger charge is -2.03. The summed E-state index contributed by atoms with van der Waals surface area (Å²) in [7, 11) is 1.56. The maximum Gasteiger partial charge on any atom is 0.357 e. The van der Waals surface area contributed by atoms with E-state index in [0.717, 1.165) is 0 Å². The van der Waals surface area contributed by atoms with E-state index in [9.17, 15) is 9.59 Å². The van der Waals surface area contributed by atoms with Crippen molar-refractivity contribution in [2.24, 2.45) is 0 Å². The van der Waals surface area contributed by atoms with Gasteiger partial charge in [0.05, 0.1) is 13.7 Å². The van der Waals surface area contributed by atoms with Crippen LogP contribution in [0.15, 0.2) is 29.6 Å². The Morgan fingerprint density at radius 1 is 1.29 bits per heavy atom. The smallest absolute Gasteiger partial charge is 0.357 e. The van der Waals surface area contributed by atoms with Gasteiger partial charge in [0.1, 0.15) is 5.75 Å². The topological polar surface area (TPSA) is 77.5 Å². The van der Waals surface area contributed by atoms with Gasteiger partial charge in [0.2, 0.25) is 0 Å². The number of amides is 1. The van der Waals surface area contributed by atoms with E-state index in [-0.39, 0.29) is 18.2 Å². The number of methoxy groups -OCH3 is 1. The van der Waals surface area contributed by atoms with Crippen LogP contribution in [0, 0.1) is 0 Å². The van der Waals surface area contributed by atoms with Gasteiger partial charge in [-0.2, -0.15) is 0 Å². The van der Waals surface area contributed by atoms with Gasteiger partial charge in [0, 0.05) is 10.9 Å². The third-order valence-electron chi connectivity index (χ3n) is 2.56. The Labute approximate surface area is 125 Å². The van der Waals surface area contributed by atoms with Gasteiger partial charge in [-0.3, -0.25) is 10.1 Å². The van der Waals surface area contributed by atoms with Crippen LogP contribution < -0.4 is 10.1 Å². The molecule has 21 heavy (non-hydrogen) atoms. The Balaban J connectivity index is 2.03. The minimum Gasteiger partial charge on any atom is -0.497 e. The highest BCUT2D eigenvalue weighted by atomic mass is 32.1. The standard InChI is InChI=1S/C14H14N2O4S/c1-3-20-13(18)11-8-21-14(15-11)16-12(17)9-4-6-10(19-2)7-5-9/h4-8H,3H2,1-2H3,(H,15,16,17). The average Bonchev–Trinajstić information content (AvgIpc) is 2.96. The van der Waals surface area contributed by atoms with Gasteiger partial charge in [-0.15, -0.1) is 11.3 Å². The van der Waals surface area contributed by atoms with Crippen LogP contribution in [0.3, 0.4) is 0 Å². The van der Waals surface area contributed by atoms with Gasteiger partial charge < -0.3 is 9.47 Å². The average molecular weight is 306 g/mol. The number of nitrogens with one attached hydrogen (secondary N) is 1. The summed E-state index contributed by atoms with van der Waals surface area (Å²) in [5, 5.41) is 4.52. The summed E-state index contributed by atoms with van der Waals surface area (Å²) in [6, 6.07) is 6.68. The Kier molecular flexibility index (Phi) is 4.89. The van der Waals surface area contributed by atoms with Gasteiger partial charge in [-0.1, -0.05) is 0 Å². The van der Waals surface area contributed by atoms with E-state index in [1.807, 2.05) is 0 Å². The summed E-state index contributed by atoms with van der Waals surface area (Å²) in [6.45, 7) is 2.00. The molecule has 1 N–H and O–H groups in total. The van der Waals surface area contributed by atoms with Crippen LogP contribution in [-0.2, 0) is 4.74 Å². The van der Waals surface area contributed by atoms with Crippen LogP contribution >= 0.6 is 11.3 Å². The molecular formula is C14H14N2O4S. The molecule has 0 spiro atoms. The van der Waals surface area contributed by atoms with E-state index >= 15 is 0 Å². The number of hydrogen-bond acceptors (Lipinski definition) is 6. The third-order valence-corrected chi connectivity index (χ3v) is 3.32. The SMILES string of the molecule is CCOC(=O)c1csc(NC(=O)c2ccc(OC)cc2)n1. The minimum absolute atomic E-state index is 0.187. The van der Waals surface area contributed by atoms with E-state index in [1.165, 1.54) is 11.3 Å². The fourth-order valence-corrected chi connectivity index (χ4v) is 2.22. The number of rotatable bonds is 5. The normalized spacial score (nSPS) is 10.0. The molecule has 6 nitrogen and oxygen atoms in total. The number of carbonyl (C=O) groups is 2. The van der Waals surface area contributed by atoms with Gasteiger partial charge in [0.25, 0.3) is 5.91 Å². The molecule has 0 radical (unpaired) electrons. The second-order valence-corrected chi connectivity index (χ2v) is 4.80. The number of nitrogens with zero attached hydrogens (tertiary/aromatic N) is 1. The summed E-state index contributed by atoms with van der Waals surface area (Å²) < 4.78 is 9.86. The number of hydrogen-bond donors (Lipinski definition) is 1. The van der Waals surface area contributed by atoms with Crippen LogP contribution in [0.2, 0.25) is 0 Å². The monoisotopic (exact) mass is 306 g/mol. The number of thiazole rings is 1. The molecular weight excluding hydrogens is 292 g/mol. The third kappa shape index (κ3) is 3.79. The largest absolute Gasteiger partial charge is 0.497 e. The fraction of sp³-hybridized carbons (Fsp3) is 0.214. The lowest BCUT2D eigenvalue weighted by atomic mass is 10.2. The van der Waals surface area contributed by atoms with Crippen LogP contribution in [0.25, 0.3) is 0 Å². The highest BCUT2D eigenvalue weighted by Crippen LogP contribution is 2.18. The lowest BCUT2D eigenvalue weighted by molar-refractivity contribution is 0.0520. The van der Waals surface area contributed by atoms with Gasteiger partial charge in [0.15, 0.2) is 10.8 Å². The number of esters is 1. The van der Waals surface area contributed by atoms with E-state index in [4.69, 9.17) is 9.47 Å². The predicted octanol–water partition coefficient (Wildman–Crippen LogP) is 2.58. The highest BCUT2D eigenvalue weighted by molar-refractivity contribution is 7.14. The van der Waals surface area contributed by atoms with Gasteiger partial charge in [-0.25, -0.2) is 9.78 Å². The van der Waals surface area contributed by atoms with E-state index < -0.39 is 5.97 Å². The number of anilines is 1. The Morgan fingerprint density at radius 3 is 2.62 bits per heavy atom. The Morgan fingerprint density at radius 2 is 2.00 bits per heavy atom. The van der Waals surface area contributed by atoms with Crippen LogP contribution in [0.4, 0.5) is 5.13 Å². The van der Waals surface area contributed by atoms with Crippen molar-refractivity contribution in [1.29, 1.82) is 0 Å². The Bertz CT molecular complexity index is 637. The molecule has 0 bridgehead atoms. The van der Waals surface area contributed by atoms with Crippen molar-refractivity contribution >= 4 is 28.3 Å². The van der Waals surface area contributed by atoms with Crippen molar-refractivity contribution in [3.63, 3.8) is 0 Å². The number of aromatic nitrogens is 1. The molecule has 2 rings (SSSR count). The van der Waals surface area contributed by atoms with Crippen molar-refractivity contribution < 1.29 is 19.1 Å². The molecule has 1 aromatic carbocycles. The molecule has 110 valence electrons. The maximum absolute atomic E-state index is 12.0. The summed E-state index contributed by atoms with van der Waals surface area (Å²) in [5.41, 5.74) is 0.663. The van der Waals surface area contributed by atoms with E-state index in [2.05, 4.69) is 10.3 Å². The molecule has 0 unspecified atom stereocenters. The molecule has 0 saturated carbocycles. The molecule has 0 saturated heterocycles. The fourth-order valence-electron chi connectivity index (χ4n) is 1.54. The minimum atomic E-state index is -0.501. The Hall–Kier alpha value is -2.41. The first-order valence-corrected chi connectivity index (χ1v) is 7.10. The van der Waals surface area contributed by atoms with Crippen LogP contribution in [0.5, 0.6) is 5.75 Å². The number of ether oxygens (including phenoxy) is 2. The number of benzene rings is 1. The molecule has 0 fully saturated rings. The zero-order valence-electron chi connectivity index (χ0n) is 11.6. The molecule has 1 aromatic heterocycles. The maximum atomic E-state index is 12.0. The zero-order chi connectivity index (χ0) is 15.2. The molecule has 0 aliphatic heterocycles. The van der Waals surface area contributed by atoms with Crippen LogP contribution in [-0.4, -0.2) is 30.6 Å². The van der Waals surface area contributed by atoms with Crippen LogP contribution in [0.1, 0.15) is 27.8 Å². The second kappa shape index (κ2) is 6.85. The van der Waals surface area contributed by atoms with Crippen molar-refractivity contribution in [2.45, 2.75) is 6.92 Å². The second-order valence-electron chi connectivity index (χ2n) is 3.94. The molecule has 7 heteroatoms. The van der Waals surface area contributed by atoms with Gasteiger partial charge in [-0.05, 0) is 31.2 Å². The molecule has 0 atom stereocenters. The van der Waals surface area contributed by atoms with Crippen molar-refractivity contribution in [2.75, 3.05) is 19.0 Å². The summed E-state index contributed by atoms with van der Waals surface area (Å²) in [6.07, 6.45) is 0. The predicted molar refractivity (Wildman–Crippen MR) is 79.0 cm³/mol. The number of carbonyl (C=O) groups excluding carboxylic acids is 2. The van der Waals surface area contributed by atoms with E-state index in [1.54, 1.807) is 43.7 Å². The first-order chi connectivity index (χ1) is 10.1. The van der Waals surface area contributed by atoms with E-state index in [0.29, 0.717) is 16.4 Å². The molecule has 1 heterocycles. The van der Waals surface area contributed by atoms with Gasteiger partial charge >= 0.3 is 5.97 Å². The first-order valence-electron chi connectivity index (χ1n) is 6.22. The first kappa shape index (κ1) is 15.0. The zero-order valence-corrected chi connectivity index (χ0v) is 12.4. The molecule has 2 aromatic rings. The molecule has 0 aliphatic carbocycles. The quantitative estimate of drug-likeness (QED) is 0.859. The summed E-state index contributed by atoms with van der Waals surface area (Å²) in [5.74, 6) is -0.133. The summed E-state index contributed by atoms with van der Waals surface area (Å²) >= 11 is 1.17. The summed E-state index contributed by atoms with van der Waals surface area (Å²) in [4.78, 5) is 27.5. The van der Waals surface area contributed by atoms with Crippen molar-refractivity contribution in [3.8, 4) is 5.75 Å². The molecule has 1 amide bonds.